The van der Waals surface area contributed by atoms with Crippen LogP contribution in [0.3, 0.4) is 0 Å². The second-order valence-electron chi connectivity index (χ2n) is 7.18. The van der Waals surface area contributed by atoms with Crippen LogP contribution >= 0.6 is 11.8 Å². The summed E-state index contributed by atoms with van der Waals surface area (Å²) in [6.45, 7) is 4.45. The number of piperidine rings is 1. The van der Waals surface area contributed by atoms with Crippen LogP contribution < -0.4 is 0 Å². The first-order valence-electron chi connectivity index (χ1n) is 9.09. The third-order valence-corrected chi connectivity index (χ3v) is 6.58. The fraction of sp³-hybridized carbons (Fsp3) is 0.944. The summed E-state index contributed by atoms with van der Waals surface area (Å²) in [5.74, 6) is 0.936. The first-order valence-corrected chi connectivity index (χ1v) is 10.0. The van der Waals surface area contributed by atoms with Crippen LogP contribution in [0.25, 0.3) is 5.32 Å². The number of hydrogen-bond acceptors (Lipinski definition) is 3. The number of hydrogen-bond donors (Lipinski definition) is 2. The second kappa shape index (κ2) is 11.5. The van der Waals surface area contributed by atoms with Crippen molar-refractivity contribution in [3.05, 3.63) is 11.7 Å². The molecule has 2 aliphatic heterocycles. The number of rotatable bonds is 3. The third-order valence-electron chi connectivity index (χ3n) is 4.86. The van der Waals surface area contributed by atoms with E-state index in [-0.39, 0.29) is 32.3 Å². The van der Waals surface area contributed by atoms with Crippen LogP contribution in [0.5, 0.6) is 0 Å². The molecule has 23 heavy (non-hydrogen) atoms. The molecule has 139 valence electrons. The molecular formula is C18H33IrNO2S-2. The molecule has 0 aromatic rings. The molecule has 6 unspecified atom stereocenters. The van der Waals surface area contributed by atoms with Gasteiger partial charge in [-0.2, -0.15) is 23.7 Å². The van der Waals surface area contributed by atoms with Crippen LogP contribution in [-0.4, -0.2) is 45.5 Å². The predicted octanol–water partition coefficient (Wildman–Crippen LogP) is 3.93. The van der Waals surface area contributed by atoms with E-state index in [9.17, 15) is 0 Å². The first-order chi connectivity index (χ1) is 10.6. The molecule has 5 heteroatoms. The summed E-state index contributed by atoms with van der Waals surface area (Å²) >= 11 is 2.25. The molecule has 2 saturated heterocycles. The summed E-state index contributed by atoms with van der Waals surface area (Å²) in [7, 11) is 0. The molecule has 0 spiro atoms. The molecule has 1 radical (unpaired) electrons. The summed E-state index contributed by atoms with van der Waals surface area (Å²) in [4.78, 5) is 0. The molecule has 6 atom stereocenters. The SMILES string of the molecule is CC(O)CC(C)O.[CH-]1C2CCCCC2SC1C1CCCC[N-]1.[Ir]. The topological polar surface area (TPSA) is 54.6 Å². The van der Waals surface area contributed by atoms with Crippen molar-refractivity contribution in [1.82, 2.24) is 0 Å². The van der Waals surface area contributed by atoms with Gasteiger partial charge in [0, 0.05) is 20.1 Å². The minimum atomic E-state index is -0.375. The first kappa shape index (κ1) is 21.9. The van der Waals surface area contributed by atoms with Crippen LogP contribution in [0.1, 0.15) is 65.2 Å². The zero-order valence-corrected chi connectivity index (χ0v) is 17.7. The molecule has 3 rings (SSSR count). The maximum Gasteiger partial charge on any atom is 0.0536 e. The van der Waals surface area contributed by atoms with Gasteiger partial charge in [-0.1, -0.05) is 38.5 Å². The van der Waals surface area contributed by atoms with E-state index >= 15 is 0 Å². The van der Waals surface area contributed by atoms with Crippen molar-refractivity contribution in [2.75, 3.05) is 6.54 Å². The van der Waals surface area contributed by atoms with Crippen molar-refractivity contribution < 1.29 is 30.3 Å². The largest absolute Gasteiger partial charge is 0.661 e. The van der Waals surface area contributed by atoms with Gasteiger partial charge in [0.05, 0.1) is 12.2 Å². The average Bonchev–Trinajstić information content (AvgIpc) is 2.91. The fourth-order valence-electron chi connectivity index (χ4n) is 3.80. The van der Waals surface area contributed by atoms with Gasteiger partial charge in [-0.25, -0.2) is 0 Å². The van der Waals surface area contributed by atoms with Gasteiger partial charge in [-0.15, -0.1) is 11.8 Å². The van der Waals surface area contributed by atoms with Crippen LogP contribution in [0.4, 0.5) is 0 Å². The molecule has 2 N–H and O–H groups in total. The molecule has 0 bridgehead atoms. The Labute approximate surface area is 160 Å². The van der Waals surface area contributed by atoms with Crippen LogP contribution in [-0.2, 0) is 20.1 Å². The summed E-state index contributed by atoms with van der Waals surface area (Å²) < 4.78 is 0. The van der Waals surface area contributed by atoms with Gasteiger partial charge in [0.25, 0.3) is 0 Å². The number of aliphatic hydroxyl groups is 2. The van der Waals surface area contributed by atoms with Crippen molar-refractivity contribution in [2.24, 2.45) is 5.92 Å². The van der Waals surface area contributed by atoms with E-state index in [1.165, 1.54) is 44.9 Å². The summed E-state index contributed by atoms with van der Waals surface area (Å²) in [6.07, 6.45) is 12.3. The molecule has 1 aliphatic carbocycles. The maximum absolute atomic E-state index is 8.56. The van der Waals surface area contributed by atoms with E-state index in [1.807, 2.05) is 0 Å². The van der Waals surface area contributed by atoms with Crippen LogP contribution in [0, 0.1) is 12.3 Å². The molecule has 0 aromatic heterocycles. The number of fused-ring (bicyclic) bond motifs is 1. The van der Waals surface area contributed by atoms with Gasteiger partial charge >= 0.3 is 0 Å². The van der Waals surface area contributed by atoms with E-state index < -0.39 is 0 Å². The van der Waals surface area contributed by atoms with Gasteiger partial charge in [-0.05, 0) is 31.9 Å². The summed E-state index contributed by atoms with van der Waals surface area (Å²) in [5, 5.41) is 23.7. The zero-order chi connectivity index (χ0) is 15.9. The van der Waals surface area contributed by atoms with Crippen molar-refractivity contribution >= 4 is 11.8 Å². The van der Waals surface area contributed by atoms with Gasteiger partial charge in [0.15, 0.2) is 0 Å². The Morgan fingerprint density at radius 3 is 2.22 bits per heavy atom. The molecule has 2 heterocycles. The van der Waals surface area contributed by atoms with E-state index in [0.717, 1.165) is 23.0 Å². The van der Waals surface area contributed by atoms with Crippen molar-refractivity contribution in [1.29, 1.82) is 0 Å². The van der Waals surface area contributed by atoms with E-state index in [4.69, 9.17) is 15.5 Å². The Morgan fingerprint density at radius 1 is 1.04 bits per heavy atom. The normalized spacial score (nSPS) is 36.0. The van der Waals surface area contributed by atoms with Crippen LogP contribution in [0.2, 0.25) is 0 Å². The molecule has 3 aliphatic rings. The molecule has 3 fully saturated rings. The van der Waals surface area contributed by atoms with E-state index in [0.29, 0.717) is 12.5 Å². The van der Waals surface area contributed by atoms with Gasteiger partial charge in [0.2, 0.25) is 0 Å². The molecular weight excluding hydrogens is 486 g/mol. The van der Waals surface area contributed by atoms with Crippen molar-refractivity contribution in [3.8, 4) is 0 Å². The minimum Gasteiger partial charge on any atom is -0.661 e. The van der Waals surface area contributed by atoms with Crippen molar-refractivity contribution in [3.63, 3.8) is 0 Å². The standard InChI is InChI=1S/C13H21NS.C5H12O2.Ir/c1-2-7-12-10(5-1)9-13(15-12)11-6-3-4-8-14-11;1-4(6)3-5(2)7;/h9-13H,1-8H2;4-7H,3H2,1-2H3;/q-2;;. The Balaban J connectivity index is 0.000000287. The quantitative estimate of drug-likeness (QED) is 0.556. The zero-order valence-electron chi connectivity index (χ0n) is 14.5. The third kappa shape index (κ3) is 7.75. The second-order valence-corrected chi connectivity index (χ2v) is 8.60. The van der Waals surface area contributed by atoms with Gasteiger partial charge in [0.1, 0.15) is 0 Å². The number of aliphatic hydroxyl groups excluding tert-OH is 2. The maximum atomic E-state index is 8.56. The molecule has 1 saturated carbocycles. The van der Waals surface area contributed by atoms with Gasteiger partial charge in [-0.3, -0.25) is 0 Å². The Kier molecular flexibility index (Phi) is 10.9. The van der Waals surface area contributed by atoms with Crippen molar-refractivity contribution in [2.45, 2.75) is 94.0 Å². The average molecular weight is 520 g/mol. The van der Waals surface area contributed by atoms with E-state index in [2.05, 4.69) is 18.2 Å². The summed E-state index contributed by atoms with van der Waals surface area (Å²) in [5.41, 5.74) is 0. The minimum absolute atomic E-state index is 0. The molecule has 0 amide bonds. The summed E-state index contributed by atoms with van der Waals surface area (Å²) in [6, 6.07) is 0.675. The molecule has 3 nitrogen and oxygen atoms in total. The molecule has 0 aromatic carbocycles. The smallest absolute Gasteiger partial charge is 0.0536 e. The monoisotopic (exact) mass is 520 g/mol. The Hall–Kier alpha value is 0.879. The number of nitrogens with zero attached hydrogens (tertiary/aromatic N) is 1. The van der Waals surface area contributed by atoms with Crippen LogP contribution in [0.15, 0.2) is 0 Å². The fourth-order valence-corrected chi connectivity index (χ4v) is 5.63. The Bertz CT molecular complexity index is 291. The van der Waals surface area contributed by atoms with E-state index in [1.54, 1.807) is 13.8 Å². The van der Waals surface area contributed by atoms with Gasteiger partial charge < -0.3 is 22.0 Å². The Morgan fingerprint density at radius 2 is 1.70 bits per heavy atom. The number of thioether (sulfide) groups is 1. The predicted molar refractivity (Wildman–Crippen MR) is 95.3 cm³/mol.